The van der Waals surface area contributed by atoms with Crippen LogP contribution in [0.15, 0.2) is 47.4 Å². The van der Waals surface area contributed by atoms with Gasteiger partial charge in [0.2, 0.25) is 0 Å². The van der Waals surface area contributed by atoms with Gasteiger partial charge in [0.15, 0.2) is 14.9 Å². The van der Waals surface area contributed by atoms with E-state index in [1.165, 1.54) is 6.26 Å². The molecule has 0 saturated heterocycles. The molecule has 27 heavy (non-hydrogen) atoms. The van der Waals surface area contributed by atoms with Gasteiger partial charge in [0.25, 0.3) is 0 Å². The average molecular weight is 409 g/mol. The maximum atomic E-state index is 11.6. The van der Waals surface area contributed by atoms with Crippen molar-refractivity contribution in [1.29, 1.82) is 0 Å². The van der Waals surface area contributed by atoms with Gasteiger partial charge in [-0.2, -0.15) is 0 Å². The third kappa shape index (κ3) is 5.58. The molecule has 1 atom stereocenters. The van der Waals surface area contributed by atoms with Crippen LogP contribution in [0.25, 0.3) is 0 Å². The van der Waals surface area contributed by atoms with Crippen molar-refractivity contribution in [2.75, 3.05) is 25.8 Å². The highest BCUT2D eigenvalue weighted by Crippen LogP contribution is 2.29. The molecule has 0 saturated carbocycles. The second kappa shape index (κ2) is 9.05. The van der Waals surface area contributed by atoms with E-state index in [2.05, 4.69) is 10.6 Å². The Labute approximate surface area is 165 Å². The summed E-state index contributed by atoms with van der Waals surface area (Å²) >= 11 is 5.43. The Bertz CT molecular complexity index is 896. The molecular weight excluding hydrogens is 384 g/mol. The van der Waals surface area contributed by atoms with E-state index in [0.29, 0.717) is 21.5 Å². The number of rotatable bonds is 7. The van der Waals surface area contributed by atoms with Crippen LogP contribution in [0.5, 0.6) is 11.5 Å². The molecular formula is C19H24N2O4S2. The van der Waals surface area contributed by atoms with Crippen LogP contribution in [-0.4, -0.2) is 34.0 Å². The number of methoxy groups -OCH3 is 2. The third-order valence-corrected chi connectivity index (χ3v) is 5.43. The lowest BCUT2D eigenvalue weighted by Gasteiger charge is -2.21. The lowest BCUT2D eigenvalue weighted by molar-refractivity contribution is 0.395. The molecule has 2 N–H and O–H groups in total. The summed E-state index contributed by atoms with van der Waals surface area (Å²) in [5.74, 6) is 1.30. The zero-order valence-electron chi connectivity index (χ0n) is 15.8. The van der Waals surface area contributed by atoms with Gasteiger partial charge in [0.1, 0.15) is 11.5 Å². The third-order valence-electron chi connectivity index (χ3n) is 4.08. The number of hydrogen-bond donors (Lipinski definition) is 2. The number of benzene rings is 2. The van der Waals surface area contributed by atoms with Crippen LogP contribution in [0.1, 0.15) is 24.9 Å². The largest absolute Gasteiger partial charge is 0.497 e. The fourth-order valence-corrected chi connectivity index (χ4v) is 3.47. The quantitative estimate of drug-likeness (QED) is 0.679. The molecule has 0 radical (unpaired) electrons. The second-order valence-electron chi connectivity index (χ2n) is 5.97. The fourth-order valence-electron chi connectivity index (χ4n) is 2.59. The molecule has 0 amide bonds. The lowest BCUT2D eigenvalue weighted by atomic mass is 10.1. The van der Waals surface area contributed by atoms with E-state index in [-0.39, 0.29) is 6.04 Å². The van der Waals surface area contributed by atoms with Crippen molar-refractivity contribution < 1.29 is 17.9 Å². The summed E-state index contributed by atoms with van der Waals surface area (Å²) in [6, 6.07) is 12.2. The predicted octanol–water partition coefficient (Wildman–Crippen LogP) is 3.55. The molecule has 2 aromatic carbocycles. The summed E-state index contributed by atoms with van der Waals surface area (Å²) in [6.07, 6.45) is 1.97. The smallest absolute Gasteiger partial charge is 0.175 e. The van der Waals surface area contributed by atoms with Crippen LogP contribution >= 0.6 is 12.2 Å². The predicted molar refractivity (Wildman–Crippen MR) is 111 cm³/mol. The SMILES string of the molecule is CCC(NC(=S)Nc1ccc(OC)cc1OC)c1ccc(S(C)(=O)=O)cc1. The molecule has 0 spiro atoms. The molecule has 2 aromatic rings. The lowest BCUT2D eigenvalue weighted by Crippen LogP contribution is -2.32. The van der Waals surface area contributed by atoms with Crippen LogP contribution in [-0.2, 0) is 9.84 Å². The number of ether oxygens (including phenoxy) is 2. The van der Waals surface area contributed by atoms with Gasteiger partial charge in [-0.1, -0.05) is 19.1 Å². The Morgan fingerprint density at radius 3 is 2.30 bits per heavy atom. The molecule has 8 heteroatoms. The Morgan fingerprint density at radius 1 is 1.11 bits per heavy atom. The molecule has 0 aliphatic carbocycles. The van der Waals surface area contributed by atoms with Gasteiger partial charge in [-0.05, 0) is 48.5 Å². The molecule has 0 fully saturated rings. The molecule has 0 aliphatic heterocycles. The van der Waals surface area contributed by atoms with Crippen LogP contribution in [0.4, 0.5) is 5.69 Å². The van der Waals surface area contributed by atoms with E-state index in [0.717, 1.165) is 17.7 Å². The van der Waals surface area contributed by atoms with Crippen molar-refractivity contribution in [2.45, 2.75) is 24.3 Å². The first-order valence-corrected chi connectivity index (χ1v) is 10.7. The summed E-state index contributed by atoms with van der Waals surface area (Å²) in [6.45, 7) is 2.03. The normalized spacial score (nSPS) is 12.1. The zero-order chi connectivity index (χ0) is 20.0. The van der Waals surface area contributed by atoms with Gasteiger partial charge >= 0.3 is 0 Å². The van der Waals surface area contributed by atoms with Crippen molar-refractivity contribution in [1.82, 2.24) is 5.32 Å². The van der Waals surface area contributed by atoms with Gasteiger partial charge in [-0.3, -0.25) is 0 Å². The van der Waals surface area contributed by atoms with Crippen LogP contribution in [0.2, 0.25) is 0 Å². The summed E-state index contributed by atoms with van der Waals surface area (Å²) in [7, 11) is -0.0417. The monoisotopic (exact) mass is 408 g/mol. The zero-order valence-corrected chi connectivity index (χ0v) is 17.4. The minimum atomic E-state index is -3.21. The number of sulfone groups is 1. The van der Waals surface area contributed by atoms with E-state index in [1.54, 1.807) is 44.6 Å². The number of nitrogens with one attached hydrogen (secondary N) is 2. The molecule has 146 valence electrons. The van der Waals surface area contributed by atoms with Crippen LogP contribution < -0.4 is 20.1 Å². The van der Waals surface area contributed by atoms with Crippen molar-refractivity contribution in [3.8, 4) is 11.5 Å². The van der Waals surface area contributed by atoms with E-state index in [1.807, 2.05) is 19.1 Å². The average Bonchev–Trinajstić information content (AvgIpc) is 2.65. The maximum Gasteiger partial charge on any atom is 0.175 e. The van der Waals surface area contributed by atoms with Crippen LogP contribution in [0.3, 0.4) is 0 Å². The van der Waals surface area contributed by atoms with E-state index < -0.39 is 9.84 Å². The molecule has 2 rings (SSSR count). The molecule has 0 aliphatic rings. The highest BCUT2D eigenvalue weighted by Gasteiger charge is 2.14. The highest BCUT2D eigenvalue weighted by molar-refractivity contribution is 7.90. The second-order valence-corrected chi connectivity index (χ2v) is 8.39. The fraction of sp³-hybridized carbons (Fsp3) is 0.316. The number of thiocarbonyl (C=S) groups is 1. The van der Waals surface area contributed by atoms with Gasteiger partial charge in [0.05, 0.1) is 30.8 Å². The van der Waals surface area contributed by atoms with Crippen molar-refractivity contribution in [3.63, 3.8) is 0 Å². The molecule has 0 aromatic heterocycles. The topological polar surface area (TPSA) is 76.7 Å². The maximum absolute atomic E-state index is 11.6. The number of hydrogen-bond acceptors (Lipinski definition) is 5. The molecule has 1 unspecified atom stereocenters. The van der Waals surface area contributed by atoms with Crippen molar-refractivity contribution in [3.05, 3.63) is 48.0 Å². The Balaban J connectivity index is 2.11. The van der Waals surface area contributed by atoms with Gasteiger partial charge < -0.3 is 20.1 Å². The molecule has 6 nitrogen and oxygen atoms in total. The first kappa shape index (κ1) is 21.0. The summed E-state index contributed by atoms with van der Waals surface area (Å²) in [5.41, 5.74) is 1.67. The summed E-state index contributed by atoms with van der Waals surface area (Å²) < 4.78 is 33.8. The van der Waals surface area contributed by atoms with Crippen molar-refractivity contribution >= 4 is 32.9 Å². The number of anilines is 1. The molecule has 0 heterocycles. The van der Waals surface area contributed by atoms with E-state index in [4.69, 9.17) is 21.7 Å². The van der Waals surface area contributed by atoms with Gasteiger partial charge in [-0.25, -0.2) is 8.42 Å². The first-order chi connectivity index (χ1) is 12.8. The van der Waals surface area contributed by atoms with Crippen molar-refractivity contribution in [2.24, 2.45) is 0 Å². The minimum Gasteiger partial charge on any atom is -0.497 e. The molecule has 0 bridgehead atoms. The Kier molecular flexibility index (Phi) is 7.04. The first-order valence-electron chi connectivity index (χ1n) is 8.38. The summed E-state index contributed by atoms with van der Waals surface area (Å²) in [5, 5.41) is 6.82. The minimum absolute atomic E-state index is 0.0529. The summed E-state index contributed by atoms with van der Waals surface area (Å²) in [4.78, 5) is 0.296. The highest BCUT2D eigenvalue weighted by atomic mass is 32.2. The Hall–Kier alpha value is -2.32. The van der Waals surface area contributed by atoms with Gasteiger partial charge in [-0.15, -0.1) is 0 Å². The van der Waals surface area contributed by atoms with E-state index in [9.17, 15) is 8.42 Å². The standard InChI is InChI=1S/C19H24N2O4S2/c1-5-16(13-6-9-15(10-7-13)27(4,22)23)20-19(26)21-17-11-8-14(24-2)12-18(17)25-3/h6-12,16H,5H2,1-4H3,(H2,20,21,26). The van der Waals surface area contributed by atoms with Crippen LogP contribution in [0, 0.1) is 0 Å². The Morgan fingerprint density at radius 2 is 1.78 bits per heavy atom. The van der Waals surface area contributed by atoms with E-state index >= 15 is 0 Å². The van der Waals surface area contributed by atoms with Gasteiger partial charge in [0, 0.05) is 12.3 Å².